The molecule has 0 bridgehead atoms. The van der Waals surface area contributed by atoms with Gasteiger partial charge in [-0.1, -0.05) is 61.9 Å². The summed E-state index contributed by atoms with van der Waals surface area (Å²) < 4.78 is 0. The van der Waals surface area contributed by atoms with Crippen molar-refractivity contribution in [2.24, 2.45) is 11.7 Å². The van der Waals surface area contributed by atoms with Crippen molar-refractivity contribution < 1.29 is 0 Å². The second-order valence-corrected chi connectivity index (χ2v) is 5.66. The number of benzene rings is 2. The van der Waals surface area contributed by atoms with Gasteiger partial charge in [-0.15, -0.1) is 12.4 Å². The van der Waals surface area contributed by atoms with Crippen LogP contribution in [0.5, 0.6) is 0 Å². The molecule has 2 aromatic rings. The summed E-state index contributed by atoms with van der Waals surface area (Å²) in [6.07, 6.45) is 1.14. The van der Waals surface area contributed by atoms with Gasteiger partial charge in [-0.25, -0.2) is 0 Å². The highest BCUT2D eigenvalue weighted by Crippen LogP contribution is 2.25. The molecule has 0 atom stereocenters. The molecule has 0 aliphatic rings. The first-order valence-electron chi connectivity index (χ1n) is 6.99. The molecule has 2 N–H and O–H groups in total. The van der Waals surface area contributed by atoms with Gasteiger partial charge in [0.05, 0.1) is 0 Å². The molecule has 0 heterocycles. The molecule has 0 aliphatic heterocycles. The first-order chi connectivity index (χ1) is 9.10. The maximum absolute atomic E-state index is 5.85. The smallest absolute Gasteiger partial charge is 0.0184 e. The zero-order valence-corrected chi connectivity index (χ0v) is 13.3. The fourth-order valence-electron chi connectivity index (χ4n) is 2.46. The standard InChI is InChI=1S/C18H23N.ClH/c1-13(2)10-15-5-7-16(8-6-15)18-9-4-14(3)11-17(18)12-19;/h4-9,11,13H,10,12,19H2,1-3H3;1H. The summed E-state index contributed by atoms with van der Waals surface area (Å²) in [6.45, 7) is 7.19. The lowest BCUT2D eigenvalue weighted by Gasteiger charge is -2.11. The van der Waals surface area contributed by atoms with Crippen LogP contribution in [-0.2, 0) is 13.0 Å². The molecule has 108 valence electrons. The zero-order chi connectivity index (χ0) is 13.8. The fraction of sp³-hybridized carbons (Fsp3) is 0.333. The summed E-state index contributed by atoms with van der Waals surface area (Å²) in [4.78, 5) is 0. The number of halogens is 1. The third-order valence-electron chi connectivity index (χ3n) is 3.39. The van der Waals surface area contributed by atoms with Gasteiger partial charge >= 0.3 is 0 Å². The second-order valence-electron chi connectivity index (χ2n) is 5.66. The Morgan fingerprint density at radius 3 is 2.20 bits per heavy atom. The Balaban J connectivity index is 0.00000200. The van der Waals surface area contributed by atoms with Gasteiger partial charge in [-0.05, 0) is 41.5 Å². The first-order valence-corrected chi connectivity index (χ1v) is 6.99. The van der Waals surface area contributed by atoms with E-state index in [2.05, 4.69) is 63.2 Å². The number of hydrogen-bond donors (Lipinski definition) is 1. The van der Waals surface area contributed by atoms with E-state index in [-0.39, 0.29) is 12.4 Å². The molecule has 0 saturated heterocycles. The average molecular weight is 290 g/mol. The van der Waals surface area contributed by atoms with Crippen LogP contribution >= 0.6 is 12.4 Å². The summed E-state index contributed by atoms with van der Waals surface area (Å²) in [6, 6.07) is 15.4. The Morgan fingerprint density at radius 1 is 1.00 bits per heavy atom. The molecular formula is C18H24ClN. The molecule has 2 aromatic carbocycles. The van der Waals surface area contributed by atoms with Crippen molar-refractivity contribution in [1.82, 2.24) is 0 Å². The number of hydrogen-bond acceptors (Lipinski definition) is 1. The molecule has 0 amide bonds. The van der Waals surface area contributed by atoms with Crippen LogP contribution in [0.25, 0.3) is 11.1 Å². The van der Waals surface area contributed by atoms with Crippen molar-refractivity contribution in [2.75, 3.05) is 0 Å². The first kappa shape index (κ1) is 16.7. The summed E-state index contributed by atoms with van der Waals surface area (Å²) in [5, 5.41) is 0. The van der Waals surface area contributed by atoms with Gasteiger partial charge in [0.25, 0.3) is 0 Å². The Hall–Kier alpha value is -1.31. The lowest BCUT2D eigenvalue weighted by molar-refractivity contribution is 0.647. The summed E-state index contributed by atoms with van der Waals surface area (Å²) in [7, 11) is 0. The highest BCUT2D eigenvalue weighted by Gasteiger charge is 2.05. The van der Waals surface area contributed by atoms with Crippen molar-refractivity contribution in [3.8, 4) is 11.1 Å². The van der Waals surface area contributed by atoms with Crippen molar-refractivity contribution in [3.05, 3.63) is 59.2 Å². The summed E-state index contributed by atoms with van der Waals surface area (Å²) in [5.41, 5.74) is 12.3. The maximum atomic E-state index is 5.85. The predicted molar refractivity (Wildman–Crippen MR) is 90.3 cm³/mol. The van der Waals surface area contributed by atoms with Gasteiger partial charge in [-0.2, -0.15) is 0 Å². The monoisotopic (exact) mass is 289 g/mol. The molecule has 0 aromatic heterocycles. The minimum absolute atomic E-state index is 0. The van der Waals surface area contributed by atoms with Gasteiger partial charge in [0.15, 0.2) is 0 Å². The Kier molecular flexibility index (Phi) is 6.25. The molecule has 0 unspecified atom stereocenters. The predicted octanol–water partition coefficient (Wildman–Crippen LogP) is 4.74. The van der Waals surface area contributed by atoms with Crippen molar-refractivity contribution in [2.45, 2.75) is 33.7 Å². The second kappa shape index (κ2) is 7.47. The van der Waals surface area contributed by atoms with Gasteiger partial charge in [0.2, 0.25) is 0 Å². The molecule has 1 nitrogen and oxygen atoms in total. The van der Waals surface area contributed by atoms with E-state index >= 15 is 0 Å². The summed E-state index contributed by atoms with van der Waals surface area (Å²) in [5.74, 6) is 0.699. The molecule has 2 rings (SSSR count). The maximum Gasteiger partial charge on any atom is 0.0184 e. The van der Waals surface area contributed by atoms with E-state index in [1.54, 1.807) is 0 Å². The molecule has 20 heavy (non-hydrogen) atoms. The Labute approximate surface area is 128 Å². The van der Waals surface area contributed by atoms with Crippen LogP contribution in [0.1, 0.15) is 30.5 Å². The number of nitrogens with two attached hydrogens (primary N) is 1. The largest absolute Gasteiger partial charge is 0.326 e. The third kappa shape index (κ3) is 4.09. The topological polar surface area (TPSA) is 26.0 Å². The highest BCUT2D eigenvalue weighted by atomic mass is 35.5. The van der Waals surface area contributed by atoms with E-state index in [0.29, 0.717) is 12.5 Å². The van der Waals surface area contributed by atoms with E-state index in [9.17, 15) is 0 Å². The lowest BCUT2D eigenvalue weighted by Crippen LogP contribution is -2.00. The van der Waals surface area contributed by atoms with Gasteiger partial charge in [0.1, 0.15) is 0 Å². The Morgan fingerprint density at radius 2 is 1.65 bits per heavy atom. The van der Waals surface area contributed by atoms with Crippen LogP contribution in [0.4, 0.5) is 0 Å². The van der Waals surface area contributed by atoms with Gasteiger partial charge in [-0.3, -0.25) is 0 Å². The van der Waals surface area contributed by atoms with Crippen molar-refractivity contribution >= 4 is 12.4 Å². The van der Waals surface area contributed by atoms with Crippen LogP contribution in [0.3, 0.4) is 0 Å². The molecule has 0 saturated carbocycles. The van der Waals surface area contributed by atoms with E-state index in [1.807, 2.05) is 0 Å². The SMILES string of the molecule is Cc1ccc(-c2ccc(CC(C)C)cc2)c(CN)c1.Cl. The van der Waals surface area contributed by atoms with Gasteiger partial charge < -0.3 is 5.73 Å². The van der Waals surface area contributed by atoms with E-state index < -0.39 is 0 Å². The average Bonchev–Trinajstić information content (AvgIpc) is 2.39. The quantitative estimate of drug-likeness (QED) is 0.864. The summed E-state index contributed by atoms with van der Waals surface area (Å²) >= 11 is 0. The number of aryl methyl sites for hydroxylation is 1. The molecule has 0 spiro atoms. The molecule has 0 radical (unpaired) electrons. The fourth-order valence-corrected chi connectivity index (χ4v) is 2.46. The lowest BCUT2D eigenvalue weighted by atomic mass is 9.95. The molecule has 0 fully saturated rings. The van der Waals surface area contributed by atoms with Crippen LogP contribution in [0.15, 0.2) is 42.5 Å². The third-order valence-corrected chi connectivity index (χ3v) is 3.39. The van der Waals surface area contributed by atoms with Crippen LogP contribution in [0.2, 0.25) is 0 Å². The van der Waals surface area contributed by atoms with Gasteiger partial charge in [0, 0.05) is 6.54 Å². The van der Waals surface area contributed by atoms with E-state index in [1.165, 1.54) is 27.8 Å². The minimum Gasteiger partial charge on any atom is -0.326 e. The molecule has 0 aliphatic carbocycles. The van der Waals surface area contributed by atoms with Crippen molar-refractivity contribution in [3.63, 3.8) is 0 Å². The molecular weight excluding hydrogens is 266 g/mol. The van der Waals surface area contributed by atoms with Crippen LogP contribution < -0.4 is 5.73 Å². The zero-order valence-electron chi connectivity index (χ0n) is 12.5. The van der Waals surface area contributed by atoms with Crippen LogP contribution in [-0.4, -0.2) is 0 Å². The minimum atomic E-state index is 0. The normalized spacial score (nSPS) is 10.4. The Bertz CT molecular complexity index is 544. The van der Waals surface area contributed by atoms with Crippen molar-refractivity contribution in [1.29, 1.82) is 0 Å². The molecule has 2 heteroatoms. The van der Waals surface area contributed by atoms with E-state index in [0.717, 1.165) is 6.42 Å². The van der Waals surface area contributed by atoms with E-state index in [4.69, 9.17) is 5.73 Å². The number of rotatable bonds is 4. The highest BCUT2D eigenvalue weighted by molar-refractivity contribution is 5.85. The van der Waals surface area contributed by atoms with Crippen LogP contribution in [0, 0.1) is 12.8 Å².